The Balaban J connectivity index is 1.90. The van der Waals surface area contributed by atoms with Crippen molar-refractivity contribution in [3.05, 3.63) is 56.8 Å². The second-order valence-electron chi connectivity index (χ2n) is 4.38. The van der Waals surface area contributed by atoms with Gasteiger partial charge in [0.2, 0.25) is 0 Å². The minimum atomic E-state index is -0.121. The van der Waals surface area contributed by atoms with Crippen molar-refractivity contribution >= 4 is 34.8 Å². The number of rotatable bonds is 2. The number of aryl methyl sites for hydroxylation is 1. The molecule has 0 saturated heterocycles. The van der Waals surface area contributed by atoms with Crippen LogP contribution in [0.4, 0.5) is 0 Å². The van der Waals surface area contributed by atoms with Crippen LogP contribution in [0.1, 0.15) is 23.8 Å². The van der Waals surface area contributed by atoms with Crippen molar-refractivity contribution in [3.8, 4) is 5.75 Å². The molecule has 1 aliphatic rings. The first-order chi connectivity index (χ1) is 9.15. The van der Waals surface area contributed by atoms with Gasteiger partial charge in [0.05, 0.1) is 10.7 Å². The van der Waals surface area contributed by atoms with E-state index in [0.29, 0.717) is 20.9 Å². The third-order valence-electron chi connectivity index (χ3n) is 3.14. The number of halogens is 3. The van der Waals surface area contributed by atoms with Gasteiger partial charge in [0.25, 0.3) is 0 Å². The van der Waals surface area contributed by atoms with Gasteiger partial charge < -0.3 is 4.74 Å². The molecular formula is C14H10Cl3NO. The molecule has 3 rings (SSSR count). The third kappa shape index (κ3) is 2.53. The molecule has 0 aliphatic heterocycles. The van der Waals surface area contributed by atoms with Gasteiger partial charge >= 0.3 is 0 Å². The normalized spacial score (nSPS) is 17.3. The summed E-state index contributed by atoms with van der Waals surface area (Å²) in [7, 11) is 0. The van der Waals surface area contributed by atoms with Crippen molar-refractivity contribution < 1.29 is 4.74 Å². The first-order valence-corrected chi connectivity index (χ1v) is 7.04. The Bertz CT molecular complexity index is 630. The molecule has 0 spiro atoms. The molecule has 1 aromatic carbocycles. The standard InChI is InChI=1S/C14H10Cl3NO/c15-9-2-1-3-10(13(9)17)19-11-6-4-8-5-7-12(16)18-14(8)11/h1-3,5,7,11H,4,6H2/t11-/m0/s1. The van der Waals surface area contributed by atoms with E-state index in [0.717, 1.165) is 18.5 Å². The molecular weight excluding hydrogens is 305 g/mol. The molecule has 0 amide bonds. The molecule has 98 valence electrons. The molecule has 1 heterocycles. The van der Waals surface area contributed by atoms with E-state index in [2.05, 4.69) is 4.98 Å². The summed E-state index contributed by atoms with van der Waals surface area (Å²) in [5, 5.41) is 1.39. The quantitative estimate of drug-likeness (QED) is 0.719. The van der Waals surface area contributed by atoms with Gasteiger partial charge in [-0.3, -0.25) is 0 Å². The number of aromatic nitrogens is 1. The fourth-order valence-corrected chi connectivity index (χ4v) is 2.73. The van der Waals surface area contributed by atoms with Gasteiger partial charge in [-0.05, 0) is 36.6 Å². The maximum absolute atomic E-state index is 6.13. The van der Waals surface area contributed by atoms with E-state index in [9.17, 15) is 0 Å². The van der Waals surface area contributed by atoms with E-state index in [-0.39, 0.29) is 6.10 Å². The fourth-order valence-electron chi connectivity index (χ4n) is 2.24. The van der Waals surface area contributed by atoms with Crippen LogP contribution in [-0.4, -0.2) is 4.98 Å². The van der Waals surface area contributed by atoms with Crippen molar-refractivity contribution in [1.29, 1.82) is 0 Å². The molecule has 5 heteroatoms. The molecule has 1 aromatic heterocycles. The molecule has 0 unspecified atom stereocenters. The second-order valence-corrected chi connectivity index (χ2v) is 5.55. The summed E-state index contributed by atoms with van der Waals surface area (Å²) in [5.41, 5.74) is 2.07. The van der Waals surface area contributed by atoms with Crippen molar-refractivity contribution in [1.82, 2.24) is 4.98 Å². The molecule has 0 saturated carbocycles. The van der Waals surface area contributed by atoms with E-state index < -0.39 is 0 Å². The van der Waals surface area contributed by atoms with Crippen LogP contribution in [0.25, 0.3) is 0 Å². The highest BCUT2D eigenvalue weighted by Crippen LogP contribution is 2.38. The molecule has 19 heavy (non-hydrogen) atoms. The molecule has 0 radical (unpaired) electrons. The highest BCUT2D eigenvalue weighted by Gasteiger charge is 2.26. The van der Waals surface area contributed by atoms with Crippen molar-refractivity contribution in [2.24, 2.45) is 0 Å². The minimum Gasteiger partial charge on any atom is -0.482 e. The monoisotopic (exact) mass is 313 g/mol. The van der Waals surface area contributed by atoms with Gasteiger partial charge in [-0.1, -0.05) is 46.9 Å². The van der Waals surface area contributed by atoms with Crippen molar-refractivity contribution in [2.45, 2.75) is 18.9 Å². The molecule has 0 fully saturated rings. The van der Waals surface area contributed by atoms with Crippen LogP contribution in [-0.2, 0) is 6.42 Å². The van der Waals surface area contributed by atoms with Gasteiger partial charge in [0, 0.05) is 0 Å². The number of nitrogens with zero attached hydrogens (tertiary/aromatic N) is 1. The predicted octanol–water partition coefficient (Wildman–Crippen LogP) is 5.11. The van der Waals surface area contributed by atoms with E-state index in [1.165, 1.54) is 5.56 Å². The van der Waals surface area contributed by atoms with Gasteiger partial charge in [0.1, 0.15) is 22.0 Å². The van der Waals surface area contributed by atoms with Crippen molar-refractivity contribution in [3.63, 3.8) is 0 Å². The lowest BCUT2D eigenvalue weighted by atomic mass is 10.2. The Morgan fingerprint density at radius 3 is 2.79 bits per heavy atom. The van der Waals surface area contributed by atoms with Crippen LogP contribution < -0.4 is 4.74 Å². The summed E-state index contributed by atoms with van der Waals surface area (Å²) in [4.78, 5) is 4.35. The lowest BCUT2D eigenvalue weighted by molar-refractivity contribution is 0.203. The first kappa shape index (κ1) is 13.0. The summed E-state index contributed by atoms with van der Waals surface area (Å²) in [6, 6.07) is 9.14. The highest BCUT2D eigenvalue weighted by atomic mass is 35.5. The minimum absolute atomic E-state index is 0.121. The zero-order valence-electron chi connectivity index (χ0n) is 9.87. The van der Waals surface area contributed by atoms with Gasteiger partial charge in [-0.2, -0.15) is 0 Å². The zero-order valence-corrected chi connectivity index (χ0v) is 12.1. The van der Waals surface area contributed by atoms with Crippen LogP contribution >= 0.6 is 34.8 Å². The SMILES string of the molecule is Clc1ccc2c(n1)[C@@H](Oc1cccc(Cl)c1Cl)CC2. The lowest BCUT2D eigenvalue weighted by Crippen LogP contribution is -2.06. The van der Waals surface area contributed by atoms with Crippen LogP contribution in [0.15, 0.2) is 30.3 Å². The van der Waals surface area contributed by atoms with Crippen molar-refractivity contribution in [2.75, 3.05) is 0 Å². The van der Waals surface area contributed by atoms with Gasteiger partial charge in [0.15, 0.2) is 0 Å². The lowest BCUT2D eigenvalue weighted by Gasteiger charge is -2.15. The van der Waals surface area contributed by atoms with E-state index in [1.54, 1.807) is 18.2 Å². The Morgan fingerprint density at radius 2 is 1.95 bits per heavy atom. The Hall–Kier alpha value is -0.960. The summed E-state index contributed by atoms with van der Waals surface area (Å²) >= 11 is 18.0. The van der Waals surface area contributed by atoms with Gasteiger partial charge in [-0.25, -0.2) is 4.98 Å². The predicted molar refractivity (Wildman–Crippen MR) is 77.4 cm³/mol. The molecule has 1 atom stereocenters. The molecule has 0 bridgehead atoms. The Morgan fingerprint density at radius 1 is 1.11 bits per heavy atom. The molecule has 0 N–H and O–H groups in total. The summed E-state index contributed by atoms with van der Waals surface area (Å²) < 4.78 is 5.93. The fraction of sp³-hybridized carbons (Fsp3) is 0.214. The van der Waals surface area contributed by atoms with E-state index in [1.807, 2.05) is 12.1 Å². The number of ether oxygens (including phenoxy) is 1. The summed E-state index contributed by atoms with van der Waals surface area (Å²) in [5.74, 6) is 0.578. The second kappa shape index (κ2) is 5.20. The Kier molecular flexibility index (Phi) is 3.57. The molecule has 1 aliphatic carbocycles. The summed E-state index contributed by atoms with van der Waals surface area (Å²) in [6.07, 6.45) is 1.68. The Labute approximate surface area is 126 Å². The average Bonchev–Trinajstić information content (AvgIpc) is 2.78. The molecule has 2 aromatic rings. The highest BCUT2D eigenvalue weighted by molar-refractivity contribution is 6.42. The van der Waals surface area contributed by atoms with E-state index in [4.69, 9.17) is 39.5 Å². The summed E-state index contributed by atoms with van der Waals surface area (Å²) in [6.45, 7) is 0. The zero-order chi connectivity index (χ0) is 13.4. The number of benzene rings is 1. The third-order valence-corrected chi connectivity index (χ3v) is 4.16. The largest absolute Gasteiger partial charge is 0.482 e. The number of fused-ring (bicyclic) bond motifs is 1. The molecule has 2 nitrogen and oxygen atoms in total. The average molecular weight is 315 g/mol. The number of hydrogen-bond donors (Lipinski definition) is 0. The smallest absolute Gasteiger partial charge is 0.141 e. The van der Waals surface area contributed by atoms with E-state index >= 15 is 0 Å². The van der Waals surface area contributed by atoms with Crippen LogP contribution in [0.2, 0.25) is 15.2 Å². The topological polar surface area (TPSA) is 22.1 Å². The van der Waals surface area contributed by atoms with Gasteiger partial charge in [-0.15, -0.1) is 0 Å². The van der Waals surface area contributed by atoms with Crippen LogP contribution in [0.3, 0.4) is 0 Å². The van der Waals surface area contributed by atoms with Crippen LogP contribution in [0.5, 0.6) is 5.75 Å². The number of hydrogen-bond acceptors (Lipinski definition) is 2. The maximum Gasteiger partial charge on any atom is 0.141 e. The first-order valence-electron chi connectivity index (χ1n) is 5.91. The maximum atomic E-state index is 6.13. The van der Waals surface area contributed by atoms with Crippen LogP contribution in [0, 0.1) is 0 Å². The number of pyridine rings is 1.